The molecule has 1 unspecified atom stereocenters. The Kier molecular flexibility index (Phi) is 4.76. The monoisotopic (exact) mass is 331 g/mol. The molecule has 1 aliphatic heterocycles. The van der Waals surface area contributed by atoms with E-state index in [9.17, 15) is 9.59 Å². The second-order valence-corrected chi connectivity index (χ2v) is 6.24. The van der Waals surface area contributed by atoms with Crippen LogP contribution in [-0.4, -0.2) is 34.1 Å². The number of H-pyrrole nitrogens is 1. The molecule has 120 valence electrons. The van der Waals surface area contributed by atoms with Gasteiger partial charge in [-0.15, -0.1) is 0 Å². The van der Waals surface area contributed by atoms with Crippen LogP contribution in [0.5, 0.6) is 0 Å². The van der Waals surface area contributed by atoms with E-state index in [1.54, 1.807) is 0 Å². The van der Waals surface area contributed by atoms with Gasteiger partial charge in [0.15, 0.2) is 0 Å². The summed E-state index contributed by atoms with van der Waals surface area (Å²) < 4.78 is 0. The molecule has 0 saturated carbocycles. The second-order valence-electron chi connectivity index (χ2n) is 5.80. The molecule has 5 nitrogen and oxygen atoms in total. The van der Waals surface area contributed by atoms with Crippen molar-refractivity contribution in [2.24, 2.45) is 0 Å². The third-order valence-electron chi connectivity index (χ3n) is 4.20. The van der Waals surface area contributed by atoms with Crippen LogP contribution < -0.4 is 5.56 Å². The normalized spacial score (nSPS) is 18.5. The van der Waals surface area contributed by atoms with E-state index in [0.717, 1.165) is 19.3 Å². The zero-order valence-electron chi connectivity index (χ0n) is 12.7. The molecule has 0 bridgehead atoms. The number of aromatic amines is 1. The summed E-state index contributed by atoms with van der Waals surface area (Å²) in [7, 11) is 0. The highest BCUT2D eigenvalue weighted by Gasteiger charge is 2.24. The van der Waals surface area contributed by atoms with Gasteiger partial charge in [-0.3, -0.25) is 9.59 Å². The molecule has 1 atom stereocenters. The third-order valence-corrected chi connectivity index (χ3v) is 4.45. The first kappa shape index (κ1) is 15.7. The fourth-order valence-electron chi connectivity index (χ4n) is 2.96. The Balaban J connectivity index is 1.79. The summed E-state index contributed by atoms with van der Waals surface area (Å²) in [6.45, 7) is 1.37. The van der Waals surface area contributed by atoms with Crippen LogP contribution in [0.25, 0.3) is 0 Å². The van der Waals surface area contributed by atoms with Crippen molar-refractivity contribution in [3.8, 4) is 0 Å². The molecule has 1 aromatic carbocycles. The Morgan fingerprint density at radius 1 is 1.17 bits per heavy atom. The number of hydrogen-bond donors (Lipinski definition) is 1. The van der Waals surface area contributed by atoms with Gasteiger partial charge in [-0.1, -0.05) is 30.2 Å². The van der Waals surface area contributed by atoms with Gasteiger partial charge < -0.3 is 4.90 Å². The van der Waals surface area contributed by atoms with E-state index < -0.39 is 0 Å². The van der Waals surface area contributed by atoms with Crippen LogP contribution in [0.1, 0.15) is 41.2 Å². The minimum Gasteiger partial charge on any atom is -0.337 e. The quantitative estimate of drug-likeness (QED) is 0.920. The zero-order chi connectivity index (χ0) is 16.2. The number of amides is 1. The molecule has 23 heavy (non-hydrogen) atoms. The van der Waals surface area contributed by atoms with Gasteiger partial charge in [-0.05, 0) is 36.6 Å². The predicted octanol–water partition coefficient (Wildman–Crippen LogP) is 2.83. The highest BCUT2D eigenvalue weighted by molar-refractivity contribution is 6.30. The third kappa shape index (κ3) is 3.79. The molecular formula is C17H18ClN3O2. The summed E-state index contributed by atoms with van der Waals surface area (Å²) >= 11 is 5.95. The lowest BCUT2D eigenvalue weighted by Gasteiger charge is -2.24. The van der Waals surface area contributed by atoms with E-state index in [1.807, 2.05) is 29.2 Å². The lowest BCUT2D eigenvalue weighted by molar-refractivity contribution is 0.0747. The summed E-state index contributed by atoms with van der Waals surface area (Å²) in [5.74, 6) is 0.156. The Bertz CT molecular complexity index is 722. The molecular weight excluding hydrogens is 314 g/mol. The lowest BCUT2D eigenvalue weighted by Crippen LogP contribution is -2.35. The first-order chi connectivity index (χ1) is 11.1. The van der Waals surface area contributed by atoms with Gasteiger partial charge in [0.2, 0.25) is 0 Å². The van der Waals surface area contributed by atoms with Crippen LogP contribution in [0.15, 0.2) is 41.2 Å². The Morgan fingerprint density at radius 3 is 2.65 bits per heavy atom. The fraction of sp³-hybridized carbons (Fsp3) is 0.353. The Morgan fingerprint density at radius 2 is 1.96 bits per heavy atom. The Labute approximate surface area is 139 Å². The molecule has 1 saturated heterocycles. The van der Waals surface area contributed by atoms with Crippen LogP contribution in [-0.2, 0) is 0 Å². The minimum atomic E-state index is -0.309. The zero-order valence-corrected chi connectivity index (χ0v) is 13.4. The molecule has 1 amide bonds. The van der Waals surface area contributed by atoms with E-state index in [-0.39, 0.29) is 17.2 Å². The average molecular weight is 332 g/mol. The van der Waals surface area contributed by atoms with Gasteiger partial charge in [-0.25, -0.2) is 5.10 Å². The maximum atomic E-state index is 12.6. The van der Waals surface area contributed by atoms with Crippen LogP contribution >= 0.6 is 11.6 Å². The summed E-state index contributed by atoms with van der Waals surface area (Å²) in [6.07, 6.45) is 3.10. The van der Waals surface area contributed by atoms with Gasteiger partial charge >= 0.3 is 0 Å². The van der Waals surface area contributed by atoms with E-state index in [2.05, 4.69) is 10.2 Å². The predicted molar refractivity (Wildman–Crippen MR) is 88.8 cm³/mol. The van der Waals surface area contributed by atoms with Crippen molar-refractivity contribution in [1.82, 2.24) is 15.1 Å². The first-order valence-electron chi connectivity index (χ1n) is 7.74. The van der Waals surface area contributed by atoms with Crippen molar-refractivity contribution >= 4 is 17.5 Å². The number of rotatable bonds is 2. The van der Waals surface area contributed by atoms with E-state index >= 15 is 0 Å². The van der Waals surface area contributed by atoms with Crippen LogP contribution in [0.3, 0.4) is 0 Å². The summed E-state index contributed by atoms with van der Waals surface area (Å²) in [6, 6.07) is 10.6. The molecule has 0 radical (unpaired) electrons. The number of hydrogen-bond acceptors (Lipinski definition) is 3. The van der Waals surface area contributed by atoms with E-state index in [4.69, 9.17) is 11.6 Å². The number of benzene rings is 1. The molecule has 2 aromatic rings. The van der Waals surface area contributed by atoms with E-state index in [1.165, 1.54) is 17.7 Å². The van der Waals surface area contributed by atoms with Gasteiger partial charge in [0.05, 0.1) is 0 Å². The number of halogens is 1. The maximum Gasteiger partial charge on any atom is 0.274 e. The summed E-state index contributed by atoms with van der Waals surface area (Å²) in [5, 5.41) is 6.88. The number of aromatic nitrogens is 2. The van der Waals surface area contributed by atoms with Crippen molar-refractivity contribution in [3.05, 3.63) is 63.0 Å². The first-order valence-corrected chi connectivity index (χ1v) is 8.12. The molecule has 2 heterocycles. The lowest BCUT2D eigenvalue weighted by atomic mass is 9.94. The van der Waals surface area contributed by atoms with Crippen molar-refractivity contribution in [2.45, 2.75) is 25.2 Å². The Hall–Kier alpha value is -2.14. The highest BCUT2D eigenvalue weighted by atomic mass is 35.5. The topological polar surface area (TPSA) is 66.1 Å². The summed E-state index contributed by atoms with van der Waals surface area (Å²) in [4.78, 5) is 25.5. The SMILES string of the molecule is O=C(c1ccc(=O)[nH]n1)N1CCCCC(c2ccc(Cl)cc2)C1. The molecule has 1 aromatic heterocycles. The highest BCUT2D eigenvalue weighted by Crippen LogP contribution is 2.28. The maximum absolute atomic E-state index is 12.6. The molecule has 1 N–H and O–H groups in total. The molecule has 1 aliphatic rings. The average Bonchev–Trinajstić information content (AvgIpc) is 2.82. The number of carbonyl (C=O) groups excluding carboxylic acids is 1. The van der Waals surface area contributed by atoms with Gasteiger partial charge in [0.25, 0.3) is 11.5 Å². The van der Waals surface area contributed by atoms with Gasteiger partial charge in [-0.2, -0.15) is 5.10 Å². The number of carbonyl (C=O) groups is 1. The number of likely N-dealkylation sites (tertiary alicyclic amines) is 1. The number of nitrogens with one attached hydrogen (secondary N) is 1. The van der Waals surface area contributed by atoms with Crippen LogP contribution in [0.2, 0.25) is 5.02 Å². The van der Waals surface area contributed by atoms with Crippen molar-refractivity contribution in [1.29, 1.82) is 0 Å². The minimum absolute atomic E-state index is 0.137. The van der Waals surface area contributed by atoms with Crippen molar-refractivity contribution in [2.75, 3.05) is 13.1 Å². The van der Waals surface area contributed by atoms with Gasteiger partial charge in [0.1, 0.15) is 5.69 Å². The molecule has 3 rings (SSSR count). The number of nitrogens with zero attached hydrogens (tertiary/aromatic N) is 2. The van der Waals surface area contributed by atoms with Crippen molar-refractivity contribution in [3.63, 3.8) is 0 Å². The second kappa shape index (κ2) is 6.96. The molecule has 0 spiro atoms. The van der Waals surface area contributed by atoms with Gasteiger partial charge in [0, 0.05) is 30.1 Å². The smallest absolute Gasteiger partial charge is 0.274 e. The van der Waals surface area contributed by atoms with Crippen molar-refractivity contribution < 1.29 is 4.79 Å². The standard InChI is InChI=1S/C17H18ClN3O2/c18-14-6-4-12(5-7-14)13-3-1-2-10-21(11-13)17(23)15-8-9-16(22)20-19-15/h4-9,13H,1-3,10-11H2,(H,20,22). The van der Waals surface area contributed by atoms with E-state index in [0.29, 0.717) is 24.0 Å². The largest absolute Gasteiger partial charge is 0.337 e. The summed E-state index contributed by atoms with van der Waals surface area (Å²) in [5.41, 5.74) is 1.17. The van der Waals surface area contributed by atoms with Crippen LogP contribution in [0, 0.1) is 0 Å². The van der Waals surface area contributed by atoms with Crippen LogP contribution in [0.4, 0.5) is 0 Å². The molecule has 6 heteroatoms. The fourth-order valence-corrected chi connectivity index (χ4v) is 3.09. The molecule has 0 aliphatic carbocycles. The molecule has 1 fully saturated rings.